The number of hydrogen-bond donors (Lipinski definition) is 2. The summed E-state index contributed by atoms with van der Waals surface area (Å²) in [6.07, 6.45) is 0.750. The molecule has 8 N–H and O–H groups in total. The fourth-order valence-electron chi connectivity index (χ4n) is 2.65. The molecule has 3 rings (SSSR count). The Balaban J connectivity index is 0. The number of carbonyl (C=O) groups excluding carboxylic acids is 3. The summed E-state index contributed by atoms with van der Waals surface area (Å²) >= 11 is 0. The van der Waals surface area contributed by atoms with E-state index in [4.69, 9.17) is 0 Å². The van der Waals surface area contributed by atoms with Crippen LogP contribution in [0.4, 0.5) is 0 Å². The second kappa shape index (κ2) is 18.6. The van der Waals surface area contributed by atoms with Crippen LogP contribution in [0.2, 0.25) is 0 Å². The summed E-state index contributed by atoms with van der Waals surface area (Å²) in [6.45, 7) is 3.30. The maximum absolute atomic E-state index is 12.1. The minimum atomic E-state index is -0.620. The smallest absolute Gasteiger partial charge is 0.872 e. The van der Waals surface area contributed by atoms with E-state index < -0.39 is 23.3 Å². The number of para-hydroxylation sites is 2. The van der Waals surface area contributed by atoms with Gasteiger partial charge in [-0.15, -0.1) is 0 Å². The Morgan fingerprint density at radius 3 is 1.43 bits per heavy atom. The molecule has 213 valence electrons. The van der Waals surface area contributed by atoms with Crippen LogP contribution in [0.25, 0.3) is 0 Å². The first-order chi connectivity index (χ1) is 17.6. The molecular formula is C26H32MnN6O7+2. The Hall–Kier alpha value is -4.62. The van der Waals surface area contributed by atoms with Crippen molar-refractivity contribution in [3.8, 4) is 11.5 Å². The Morgan fingerprint density at radius 2 is 1.10 bits per heavy atom. The predicted molar refractivity (Wildman–Crippen MR) is 145 cm³/mol. The third-order valence-corrected chi connectivity index (χ3v) is 4.61. The van der Waals surface area contributed by atoms with Gasteiger partial charge in [-0.25, -0.2) is 15.8 Å². The maximum atomic E-state index is 12.1. The molecule has 0 aliphatic rings. The first-order valence-electron chi connectivity index (χ1n) is 10.9. The van der Waals surface area contributed by atoms with E-state index in [1.165, 1.54) is 29.2 Å². The number of aromatic nitrogens is 1. The van der Waals surface area contributed by atoms with Crippen LogP contribution in [0.5, 0.6) is 11.5 Å². The third kappa shape index (κ3) is 11.4. The summed E-state index contributed by atoms with van der Waals surface area (Å²) in [6, 6.07) is 16.8. The number of hydrazone groups is 2. The largest absolute Gasteiger partial charge is 2.00 e. The summed E-state index contributed by atoms with van der Waals surface area (Å²) in [5, 5.41) is 31.5. The molecule has 0 atom stereocenters. The molecule has 1 aromatic heterocycles. The molecule has 0 aliphatic heterocycles. The molecule has 1 heterocycles. The van der Waals surface area contributed by atoms with Crippen molar-refractivity contribution in [2.24, 2.45) is 10.2 Å². The number of nitrogens with zero attached hydrogens (tertiary/aromatic N) is 4. The number of rotatable bonds is 7. The zero-order valence-corrected chi connectivity index (χ0v) is 23.5. The van der Waals surface area contributed by atoms with Crippen molar-refractivity contribution >= 4 is 29.6 Å². The first-order valence-corrected chi connectivity index (χ1v) is 10.9. The molecule has 0 spiro atoms. The van der Waals surface area contributed by atoms with Crippen molar-refractivity contribution in [1.29, 1.82) is 0 Å². The van der Waals surface area contributed by atoms with E-state index in [9.17, 15) is 24.6 Å². The SMILES string of the molecule is C/C(=N\NC(=O)c1ccccc1[O-])c1cccc(/C(C)=N/NC(=O)c2ccccc2[O-])n1.CN(C)C=O.[Mn+2].[OH3+].[OH3+]. The van der Waals surface area contributed by atoms with Crippen LogP contribution in [0, 0.1) is 0 Å². The van der Waals surface area contributed by atoms with Gasteiger partial charge in [-0.2, -0.15) is 10.2 Å². The Labute approximate surface area is 241 Å². The van der Waals surface area contributed by atoms with Crippen molar-refractivity contribution in [3.05, 3.63) is 89.2 Å². The predicted octanol–water partition coefficient (Wildman–Crippen LogP) is -0.605. The summed E-state index contributed by atoms with van der Waals surface area (Å²) < 4.78 is 0. The number of amides is 3. The van der Waals surface area contributed by atoms with E-state index >= 15 is 0 Å². The zero-order valence-electron chi connectivity index (χ0n) is 22.3. The summed E-state index contributed by atoms with van der Waals surface area (Å²) in [5.41, 5.74) is 6.40. The Kier molecular flexibility index (Phi) is 17.5. The van der Waals surface area contributed by atoms with E-state index in [0.717, 1.165) is 6.41 Å². The van der Waals surface area contributed by atoms with Gasteiger partial charge in [0.15, 0.2) is 0 Å². The standard InChI is InChI=1S/C23H21N5O4.C3H7NO.Mn.2H2O/c1-14(25-27-22(31)16-8-3-5-12-20(16)29)18-10-7-11-19(24-18)15(2)26-28-23(32)17-9-4-6-13-21(17)30;1-4(2)3-5;;;/h3-13,29-30H,1-2H3,(H,27,31)(H,28,32);3H,1-2H3;;2*1H2/q;;+2;;/b25-14+,26-15+;;;;. The van der Waals surface area contributed by atoms with Crippen LogP contribution >= 0.6 is 0 Å². The quantitative estimate of drug-likeness (QED) is 0.119. The van der Waals surface area contributed by atoms with E-state index in [-0.39, 0.29) is 39.1 Å². The second-order valence-corrected chi connectivity index (χ2v) is 7.75. The average molecular weight is 596 g/mol. The minimum Gasteiger partial charge on any atom is -0.872 e. The van der Waals surface area contributed by atoms with E-state index in [2.05, 4.69) is 26.0 Å². The maximum Gasteiger partial charge on any atom is 2.00 e. The minimum absolute atomic E-state index is 0. The van der Waals surface area contributed by atoms with Crippen molar-refractivity contribution < 1.29 is 52.6 Å². The van der Waals surface area contributed by atoms with Crippen LogP contribution in [0.3, 0.4) is 0 Å². The van der Waals surface area contributed by atoms with Crippen molar-refractivity contribution in [1.82, 2.24) is 20.7 Å². The van der Waals surface area contributed by atoms with Gasteiger partial charge in [0.2, 0.25) is 6.41 Å². The number of carbonyl (C=O) groups is 3. The molecule has 14 heteroatoms. The van der Waals surface area contributed by atoms with Gasteiger partial charge in [0.25, 0.3) is 11.8 Å². The molecule has 3 amide bonds. The molecule has 0 aliphatic carbocycles. The topological polar surface area (TPSA) is 228 Å². The monoisotopic (exact) mass is 595 g/mol. The van der Waals surface area contributed by atoms with Crippen LogP contribution in [0.15, 0.2) is 76.9 Å². The van der Waals surface area contributed by atoms with E-state index in [1.807, 2.05) is 0 Å². The van der Waals surface area contributed by atoms with E-state index in [0.29, 0.717) is 22.8 Å². The number of benzene rings is 2. The van der Waals surface area contributed by atoms with Crippen molar-refractivity contribution in [3.63, 3.8) is 0 Å². The fraction of sp³-hybridized carbons (Fsp3) is 0.154. The van der Waals surface area contributed by atoms with E-state index in [1.54, 1.807) is 70.4 Å². The molecule has 1 radical (unpaired) electrons. The molecular weight excluding hydrogens is 563 g/mol. The fourth-order valence-corrected chi connectivity index (χ4v) is 2.65. The Morgan fingerprint density at radius 1 is 0.750 bits per heavy atom. The third-order valence-electron chi connectivity index (χ3n) is 4.61. The molecule has 40 heavy (non-hydrogen) atoms. The summed E-state index contributed by atoms with van der Waals surface area (Å²) in [7, 11) is 3.38. The second-order valence-electron chi connectivity index (χ2n) is 7.75. The molecule has 0 saturated carbocycles. The first kappa shape index (κ1) is 37.5. The van der Waals surface area contributed by atoms with Gasteiger partial charge in [0, 0.05) is 25.2 Å². The van der Waals surface area contributed by atoms with Gasteiger partial charge < -0.3 is 26.1 Å². The zero-order chi connectivity index (χ0) is 27.4. The number of pyridine rings is 1. The molecule has 0 unspecified atom stereocenters. The number of nitrogens with one attached hydrogen (secondary N) is 2. The number of hydrogen-bond acceptors (Lipinski definition) is 8. The summed E-state index contributed by atoms with van der Waals surface area (Å²) in [5.74, 6) is -2.03. The molecule has 13 nitrogen and oxygen atoms in total. The van der Waals surface area contributed by atoms with Gasteiger partial charge in [-0.05, 0) is 26.0 Å². The van der Waals surface area contributed by atoms with Gasteiger partial charge in [0.1, 0.15) is 0 Å². The van der Waals surface area contributed by atoms with Crippen LogP contribution < -0.4 is 21.1 Å². The van der Waals surface area contributed by atoms with Gasteiger partial charge in [-0.1, -0.05) is 66.1 Å². The molecule has 0 bridgehead atoms. The van der Waals surface area contributed by atoms with Crippen LogP contribution in [-0.2, 0) is 32.8 Å². The van der Waals surface area contributed by atoms with Crippen LogP contribution in [-0.4, -0.2) is 53.6 Å². The van der Waals surface area contributed by atoms with Crippen LogP contribution in [0.1, 0.15) is 46.0 Å². The van der Waals surface area contributed by atoms with Crippen molar-refractivity contribution in [2.75, 3.05) is 14.1 Å². The average Bonchev–Trinajstić information content (AvgIpc) is 2.90. The summed E-state index contributed by atoms with van der Waals surface area (Å²) in [4.78, 5) is 39.6. The Bertz CT molecular complexity index is 1240. The normalized spacial score (nSPS) is 10.2. The molecule has 3 aromatic rings. The molecule has 0 fully saturated rings. The molecule has 2 aromatic carbocycles. The molecule has 0 saturated heterocycles. The van der Waals surface area contributed by atoms with Gasteiger partial charge >= 0.3 is 17.1 Å². The van der Waals surface area contributed by atoms with Gasteiger partial charge in [0.05, 0.1) is 22.8 Å². The van der Waals surface area contributed by atoms with Crippen molar-refractivity contribution in [2.45, 2.75) is 13.8 Å². The van der Waals surface area contributed by atoms with Gasteiger partial charge in [-0.3, -0.25) is 14.4 Å².